The Morgan fingerprint density at radius 1 is 1.05 bits per heavy atom. The lowest BCUT2D eigenvalue weighted by Gasteiger charge is -2.09. The lowest BCUT2D eigenvalue weighted by atomic mass is 10.2. The van der Waals surface area contributed by atoms with E-state index in [0.29, 0.717) is 0 Å². The first-order chi connectivity index (χ1) is 10.3. The average Bonchev–Trinajstić information content (AvgIpc) is 2.93. The van der Waals surface area contributed by atoms with E-state index in [0.717, 1.165) is 28.0 Å². The van der Waals surface area contributed by atoms with E-state index < -0.39 is 0 Å². The molecule has 2 heterocycles. The third kappa shape index (κ3) is 2.80. The van der Waals surface area contributed by atoms with Gasteiger partial charge in [0, 0.05) is 23.6 Å². The summed E-state index contributed by atoms with van der Waals surface area (Å²) in [6.45, 7) is 2.06. The van der Waals surface area contributed by atoms with E-state index in [2.05, 4.69) is 22.1 Å². The van der Waals surface area contributed by atoms with Gasteiger partial charge >= 0.3 is 0 Å². The van der Waals surface area contributed by atoms with Crippen molar-refractivity contribution in [1.82, 2.24) is 19.7 Å². The van der Waals surface area contributed by atoms with E-state index in [-0.39, 0.29) is 5.82 Å². The van der Waals surface area contributed by atoms with Crippen LogP contribution < -0.4 is 0 Å². The maximum absolute atomic E-state index is 13.1. The number of benzene rings is 1. The van der Waals surface area contributed by atoms with Crippen molar-refractivity contribution in [2.24, 2.45) is 0 Å². The van der Waals surface area contributed by atoms with Crippen molar-refractivity contribution >= 4 is 11.8 Å². The Kier molecular flexibility index (Phi) is 3.96. The minimum atomic E-state index is -0.262. The van der Waals surface area contributed by atoms with Crippen LogP contribution in [-0.2, 0) is 0 Å². The van der Waals surface area contributed by atoms with Crippen LogP contribution in [0.1, 0.15) is 6.92 Å². The average molecular weight is 300 g/mol. The highest BCUT2D eigenvalue weighted by Crippen LogP contribution is 2.27. The molecule has 0 saturated heterocycles. The van der Waals surface area contributed by atoms with E-state index in [1.807, 2.05) is 16.7 Å². The summed E-state index contributed by atoms with van der Waals surface area (Å²) in [6, 6.07) is 10.1. The number of hydrogen-bond acceptors (Lipinski definition) is 4. The normalized spacial score (nSPS) is 10.8. The molecule has 1 aromatic carbocycles. The van der Waals surface area contributed by atoms with Crippen LogP contribution in [0.15, 0.2) is 53.9 Å². The predicted octanol–water partition coefficient (Wildman–Crippen LogP) is 3.58. The maximum Gasteiger partial charge on any atom is 0.196 e. The van der Waals surface area contributed by atoms with Gasteiger partial charge in [0.25, 0.3) is 0 Å². The zero-order chi connectivity index (χ0) is 14.7. The summed E-state index contributed by atoms with van der Waals surface area (Å²) < 4.78 is 15.1. The predicted molar refractivity (Wildman–Crippen MR) is 80.9 cm³/mol. The van der Waals surface area contributed by atoms with Crippen LogP contribution in [0.5, 0.6) is 0 Å². The lowest BCUT2D eigenvalue weighted by molar-refractivity contribution is 0.627. The smallest absolute Gasteiger partial charge is 0.196 e. The second-order valence-electron chi connectivity index (χ2n) is 4.29. The van der Waals surface area contributed by atoms with Crippen LogP contribution in [0.4, 0.5) is 4.39 Å². The fourth-order valence-corrected chi connectivity index (χ4v) is 2.68. The number of halogens is 1. The molecule has 6 heteroatoms. The molecule has 0 fully saturated rings. The SMILES string of the molecule is CCSc1nnc(-c2ccncc2)n1-c1ccc(F)cc1. The molecule has 0 N–H and O–H groups in total. The van der Waals surface area contributed by atoms with Gasteiger partial charge in [0.2, 0.25) is 0 Å². The Balaban J connectivity index is 2.16. The van der Waals surface area contributed by atoms with Crippen molar-refractivity contribution in [3.8, 4) is 17.1 Å². The van der Waals surface area contributed by atoms with Crippen LogP contribution in [0.2, 0.25) is 0 Å². The van der Waals surface area contributed by atoms with Crippen LogP contribution in [-0.4, -0.2) is 25.5 Å². The summed E-state index contributed by atoms with van der Waals surface area (Å²) in [4.78, 5) is 4.02. The maximum atomic E-state index is 13.1. The van der Waals surface area contributed by atoms with E-state index in [1.54, 1.807) is 36.3 Å². The molecule has 106 valence electrons. The Morgan fingerprint density at radius 3 is 2.43 bits per heavy atom. The van der Waals surface area contributed by atoms with Gasteiger partial charge in [0.05, 0.1) is 0 Å². The number of pyridine rings is 1. The molecule has 0 saturated carbocycles. The van der Waals surface area contributed by atoms with Gasteiger partial charge in [0.1, 0.15) is 5.82 Å². The first kappa shape index (κ1) is 13.8. The van der Waals surface area contributed by atoms with Crippen LogP contribution in [0, 0.1) is 5.82 Å². The summed E-state index contributed by atoms with van der Waals surface area (Å²) in [7, 11) is 0. The molecule has 0 aliphatic carbocycles. The molecule has 0 spiro atoms. The van der Waals surface area contributed by atoms with E-state index in [4.69, 9.17) is 0 Å². The second-order valence-corrected chi connectivity index (χ2v) is 5.52. The summed E-state index contributed by atoms with van der Waals surface area (Å²) in [5.41, 5.74) is 1.76. The zero-order valence-corrected chi connectivity index (χ0v) is 12.2. The van der Waals surface area contributed by atoms with Gasteiger partial charge in [-0.3, -0.25) is 9.55 Å². The van der Waals surface area contributed by atoms with Crippen molar-refractivity contribution in [3.63, 3.8) is 0 Å². The minimum absolute atomic E-state index is 0.262. The van der Waals surface area contributed by atoms with Gasteiger partial charge in [-0.05, 0) is 42.2 Å². The monoisotopic (exact) mass is 300 g/mol. The van der Waals surface area contributed by atoms with Gasteiger partial charge in [-0.2, -0.15) is 0 Å². The molecule has 0 aliphatic rings. The number of aromatic nitrogens is 4. The molecule has 3 rings (SSSR count). The molecular formula is C15H13FN4S. The Morgan fingerprint density at radius 2 is 1.76 bits per heavy atom. The van der Waals surface area contributed by atoms with E-state index in [1.165, 1.54) is 12.1 Å². The third-order valence-electron chi connectivity index (χ3n) is 2.93. The van der Waals surface area contributed by atoms with E-state index >= 15 is 0 Å². The molecule has 0 bridgehead atoms. The Hall–Kier alpha value is -2.21. The molecule has 0 atom stereocenters. The summed E-state index contributed by atoms with van der Waals surface area (Å²) in [5.74, 6) is 1.34. The van der Waals surface area contributed by atoms with E-state index in [9.17, 15) is 4.39 Å². The first-order valence-corrected chi connectivity index (χ1v) is 7.52. The fraction of sp³-hybridized carbons (Fsp3) is 0.133. The van der Waals surface area contributed by atoms with Gasteiger partial charge in [-0.25, -0.2) is 4.39 Å². The molecule has 4 nitrogen and oxygen atoms in total. The summed E-state index contributed by atoms with van der Waals surface area (Å²) >= 11 is 1.60. The molecule has 2 aromatic heterocycles. The fourth-order valence-electron chi connectivity index (χ4n) is 2.00. The molecular weight excluding hydrogens is 287 g/mol. The van der Waals surface area contributed by atoms with Gasteiger partial charge < -0.3 is 0 Å². The van der Waals surface area contributed by atoms with Crippen molar-refractivity contribution in [1.29, 1.82) is 0 Å². The molecule has 3 aromatic rings. The molecule has 21 heavy (non-hydrogen) atoms. The Bertz CT molecular complexity index is 725. The number of thioether (sulfide) groups is 1. The number of hydrogen-bond donors (Lipinski definition) is 0. The van der Waals surface area contributed by atoms with Crippen LogP contribution >= 0.6 is 11.8 Å². The second kappa shape index (κ2) is 6.05. The van der Waals surface area contributed by atoms with Gasteiger partial charge in [-0.15, -0.1) is 10.2 Å². The number of rotatable bonds is 4. The molecule has 0 aliphatic heterocycles. The summed E-state index contributed by atoms with van der Waals surface area (Å²) in [6.07, 6.45) is 3.43. The van der Waals surface area contributed by atoms with Crippen molar-refractivity contribution < 1.29 is 4.39 Å². The third-order valence-corrected chi connectivity index (χ3v) is 3.74. The van der Waals surface area contributed by atoms with Gasteiger partial charge in [0.15, 0.2) is 11.0 Å². The number of nitrogens with zero attached hydrogens (tertiary/aromatic N) is 4. The van der Waals surface area contributed by atoms with Gasteiger partial charge in [-0.1, -0.05) is 18.7 Å². The highest BCUT2D eigenvalue weighted by molar-refractivity contribution is 7.99. The zero-order valence-electron chi connectivity index (χ0n) is 11.4. The van der Waals surface area contributed by atoms with Crippen molar-refractivity contribution in [3.05, 3.63) is 54.6 Å². The Labute approximate surface area is 126 Å². The standard InChI is InChI=1S/C15H13FN4S/c1-2-21-15-19-18-14(11-7-9-17-10-8-11)20(15)13-5-3-12(16)4-6-13/h3-10H,2H2,1H3. The largest absolute Gasteiger partial charge is 0.270 e. The highest BCUT2D eigenvalue weighted by Gasteiger charge is 2.15. The lowest BCUT2D eigenvalue weighted by Crippen LogP contribution is -2.00. The first-order valence-electron chi connectivity index (χ1n) is 6.54. The van der Waals surface area contributed by atoms with Crippen LogP contribution in [0.3, 0.4) is 0 Å². The van der Waals surface area contributed by atoms with Crippen molar-refractivity contribution in [2.45, 2.75) is 12.1 Å². The molecule has 0 radical (unpaired) electrons. The highest BCUT2D eigenvalue weighted by atomic mass is 32.2. The topological polar surface area (TPSA) is 43.6 Å². The van der Waals surface area contributed by atoms with Crippen LogP contribution in [0.25, 0.3) is 17.1 Å². The summed E-state index contributed by atoms with van der Waals surface area (Å²) in [5, 5.41) is 9.31. The quantitative estimate of drug-likeness (QED) is 0.691. The molecule has 0 unspecified atom stereocenters. The minimum Gasteiger partial charge on any atom is -0.270 e. The van der Waals surface area contributed by atoms with Crippen molar-refractivity contribution in [2.75, 3.05) is 5.75 Å². The molecule has 0 amide bonds.